The van der Waals surface area contributed by atoms with Crippen LogP contribution in [0.25, 0.3) is 0 Å². The lowest BCUT2D eigenvalue weighted by atomic mass is 10.2. The molecule has 0 radical (unpaired) electrons. The summed E-state index contributed by atoms with van der Waals surface area (Å²) in [4.78, 5) is 29.1. The predicted molar refractivity (Wildman–Crippen MR) is 120 cm³/mol. The van der Waals surface area contributed by atoms with Gasteiger partial charge in [0.05, 0.1) is 6.04 Å². The molecule has 164 valence electrons. The van der Waals surface area contributed by atoms with Crippen LogP contribution >= 0.6 is 0 Å². The van der Waals surface area contributed by atoms with Crippen molar-refractivity contribution in [2.45, 2.75) is 38.5 Å². The van der Waals surface area contributed by atoms with Gasteiger partial charge in [0.25, 0.3) is 0 Å². The molecule has 1 aliphatic carbocycles. The number of para-hydroxylation sites is 2. The molecule has 1 heterocycles. The number of hydrogen-bond acceptors (Lipinski definition) is 4. The number of benzene rings is 2. The Morgan fingerprint density at radius 3 is 2.39 bits per heavy atom. The fourth-order valence-electron chi connectivity index (χ4n) is 3.67. The number of urea groups is 1. The minimum Gasteiger partial charge on any atom is -0.489 e. The van der Waals surface area contributed by atoms with Crippen LogP contribution in [0.5, 0.6) is 5.75 Å². The molecule has 1 atom stereocenters. The highest BCUT2D eigenvalue weighted by Gasteiger charge is 2.31. The molecule has 0 spiro atoms. The maximum atomic E-state index is 12.8. The minimum absolute atomic E-state index is 0.0905. The fourth-order valence-corrected chi connectivity index (χ4v) is 3.67. The zero-order valence-corrected chi connectivity index (χ0v) is 17.9. The van der Waals surface area contributed by atoms with E-state index in [1.807, 2.05) is 61.5 Å². The van der Waals surface area contributed by atoms with Gasteiger partial charge in [-0.1, -0.05) is 36.4 Å². The summed E-state index contributed by atoms with van der Waals surface area (Å²) in [5.74, 6) is 0.882. The number of ether oxygens (including phenoxy) is 1. The molecule has 3 amide bonds. The monoisotopic (exact) mass is 422 g/mol. The highest BCUT2D eigenvalue weighted by molar-refractivity contribution is 5.90. The first-order valence-corrected chi connectivity index (χ1v) is 11.0. The van der Waals surface area contributed by atoms with Crippen molar-refractivity contribution >= 4 is 17.6 Å². The Hall–Kier alpha value is -3.06. The Morgan fingerprint density at radius 2 is 1.68 bits per heavy atom. The number of hydrogen-bond donors (Lipinski definition) is 2. The molecule has 1 unspecified atom stereocenters. The van der Waals surface area contributed by atoms with Crippen LogP contribution in [0.15, 0.2) is 54.6 Å². The second kappa shape index (κ2) is 9.83. The first kappa shape index (κ1) is 21.2. The number of nitrogens with one attached hydrogen (secondary N) is 2. The van der Waals surface area contributed by atoms with Crippen molar-refractivity contribution in [3.63, 3.8) is 0 Å². The predicted octanol–water partition coefficient (Wildman–Crippen LogP) is 3.08. The van der Waals surface area contributed by atoms with Crippen LogP contribution in [0.4, 0.5) is 10.5 Å². The summed E-state index contributed by atoms with van der Waals surface area (Å²) in [6.07, 6.45) is 2.18. The Bertz CT molecular complexity index is 893. The summed E-state index contributed by atoms with van der Waals surface area (Å²) in [6, 6.07) is 17.4. The summed E-state index contributed by atoms with van der Waals surface area (Å²) in [7, 11) is 0. The molecule has 2 fully saturated rings. The quantitative estimate of drug-likeness (QED) is 0.719. The number of amides is 3. The van der Waals surface area contributed by atoms with Crippen molar-refractivity contribution in [2.24, 2.45) is 0 Å². The Kier molecular flexibility index (Phi) is 6.72. The van der Waals surface area contributed by atoms with Crippen LogP contribution in [-0.2, 0) is 11.4 Å². The van der Waals surface area contributed by atoms with E-state index in [1.54, 1.807) is 4.90 Å². The Labute approximate surface area is 183 Å². The largest absolute Gasteiger partial charge is 0.489 e. The summed E-state index contributed by atoms with van der Waals surface area (Å²) in [6.45, 7) is 4.88. The number of anilines is 1. The molecule has 1 saturated heterocycles. The molecule has 1 saturated carbocycles. The van der Waals surface area contributed by atoms with Crippen molar-refractivity contribution in [1.82, 2.24) is 15.1 Å². The zero-order valence-electron chi connectivity index (χ0n) is 17.9. The molecule has 4 rings (SSSR count). The van der Waals surface area contributed by atoms with Crippen molar-refractivity contribution in [2.75, 3.05) is 31.5 Å². The van der Waals surface area contributed by atoms with Crippen LogP contribution in [0.3, 0.4) is 0 Å². The molecule has 7 heteroatoms. The van der Waals surface area contributed by atoms with Gasteiger partial charge in [-0.05, 0) is 38.0 Å². The van der Waals surface area contributed by atoms with E-state index in [0.29, 0.717) is 38.8 Å². The first-order valence-electron chi connectivity index (χ1n) is 11.0. The summed E-state index contributed by atoms with van der Waals surface area (Å²) in [5, 5.41) is 6.09. The van der Waals surface area contributed by atoms with Gasteiger partial charge in [-0.25, -0.2) is 4.79 Å². The minimum atomic E-state index is -0.165. The van der Waals surface area contributed by atoms with E-state index in [1.165, 1.54) is 0 Å². The van der Waals surface area contributed by atoms with E-state index in [-0.39, 0.29) is 18.0 Å². The second-order valence-corrected chi connectivity index (χ2v) is 8.17. The molecule has 7 nitrogen and oxygen atoms in total. The molecule has 2 N–H and O–H groups in total. The third kappa shape index (κ3) is 5.76. The van der Waals surface area contributed by atoms with Crippen molar-refractivity contribution in [1.29, 1.82) is 0 Å². The summed E-state index contributed by atoms with van der Waals surface area (Å²) < 4.78 is 5.84. The van der Waals surface area contributed by atoms with Crippen LogP contribution in [0, 0.1) is 0 Å². The van der Waals surface area contributed by atoms with E-state index >= 15 is 0 Å². The van der Waals surface area contributed by atoms with E-state index in [4.69, 9.17) is 4.74 Å². The molecular weight excluding hydrogens is 392 g/mol. The SMILES string of the molecule is CC(C(=O)NC1CC1)N1CCN(C(=O)Nc2ccccc2COc2ccccc2)CC1. The van der Waals surface area contributed by atoms with Gasteiger partial charge in [-0.2, -0.15) is 0 Å². The van der Waals surface area contributed by atoms with Gasteiger partial charge >= 0.3 is 6.03 Å². The first-order chi connectivity index (χ1) is 15.1. The lowest BCUT2D eigenvalue weighted by Crippen LogP contribution is -2.55. The van der Waals surface area contributed by atoms with Gasteiger partial charge in [0.2, 0.25) is 5.91 Å². The molecule has 0 bridgehead atoms. The topological polar surface area (TPSA) is 73.9 Å². The zero-order chi connectivity index (χ0) is 21.6. The second-order valence-electron chi connectivity index (χ2n) is 8.17. The van der Waals surface area contributed by atoms with Gasteiger partial charge in [-0.15, -0.1) is 0 Å². The normalized spacial score (nSPS) is 17.6. The number of nitrogens with zero attached hydrogens (tertiary/aromatic N) is 2. The lowest BCUT2D eigenvalue weighted by Gasteiger charge is -2.37. The van der Waals surface area contributed by atoms with Crippen LogP contribution in [-0.4, -0.2) is 60.0 Å². The third-order valence-corrected chi connectivity index (χ3v) is 5.85. The van der Waals surface area contributed by atoms with Crippen LogP contribution < -0.4 is 15.4 Å². The summed E-state index contributed by atoms with van der Waals surface area (Å²) >= 11 is 0. The van der Waals surface area contributed by atoms with Gasteiger partial charge in [0.15, 0.2) is 0 Å². The van der Waals surface area contributed by atoms with Crippen LogP contribution in [0.1, 0.15) is 25.3 Å². The molecule has 31 heavy (non-hydrogen) atoms. The number of rotatable bonds is 7. The molecule has 2 aromatic carbocycles. The maximum absolute atomic E-state index is 12.8. The fraction of sp³-hybridized carbons (Fsp3) is 0.417. The maximum Gasteiger partial charge on any atom is 0.321 e. The number of piperazine rings is 1. The van der Waals surface area contributed by atoms with Crippen LogP contribution in [0.2, 0.25) is 0 Å². The average molecular weight is 423 g/mol. The van der Waals surface area contributed by atoms with E-state index in [0.717, 1.165) is 29.8 Å². The smallest absolute Gasteiger partial charge is 0.321 e. The number of carbonyl (C=O) groups is 2. The molecule has 1 aliphatic heterocycles. The summed E-state index contributed by atoms with van der Waals surface area (Å²) in [5.41, 5.74) is 1.67. The Balaban J connectivity index is 1.28. The van der Waals surface area contributed by atoms with E-state index < -0.39 is 0 Å². The molecule has 2 aromatic rings. The number of carbonyl (C=O) groups excluding carboxylic acids is 2. The van der Waals surface area contributed by atoms with Crippen molar-refractivity contribution < 1.29 is 14.3 Å². The molecule has 0 aromatic heterocycles. The van der Waals surface area contributed by atoms with Gasteiger partial charge in [-0.3, -0.25) is 9.69 Å². The van der Waals surface area contributed by atoms with E-state index in [2.05, 4.69) is 15.5 Å². The lowest BCUT2D eigenvalue weighted by molar-refractivity contribution is -0.126. The van der Waals surface area contributed by atoms with Crippen molar-refractivity contribution in [3.05, 3.63) is 60.2 Å². The molecule has 2 aliphatic rings. The third-order valence-electron chi connectivity index (χ3n) is 5.85. The highest BCUT2D eigenvalue weighted by atomic mass is 16.5. The van der Waals surface area contributed by atoms with Gasteiger partial charge < -0.3 is 20.3 Å². The average Bonchev–Trinajstić information content (AvgIpc) is 3.62. The van der Waals surface area contributed by atoms with Gasteiger partial charge in [0, 0.05) is 43.5 Å². The molecular formula is C24H30N4O3. The van der Waals surface area contributed by atoms with E-state index in [9.17, 15) is 9.59 Å². The van der Waals surface area contributed by atoms with Crippen molar-refractivity contribution in [3.8, 4) is 5.75 Å². The van der Waals surface area contributed by atoms with Gasteiger partial charge in [0.1, 0.15) is 12.4 Å². The Morgan fingerprint density at radius 1 is 1.00 bits per heavy atom. The highest BCUT2D eigenvalue weighted by Crippen LogP contribution is 2.21. The standard InChI is InChI=1S/C24H30N4O3/c1-18(23(29)25-20-11-12-20)27-13-15-28(16-14-27)24(30)26-22-10-6-5-7-19(22)17-31-21-8-3-2-4-9-21/h2-10,18,20H,11-17H2,1H3,(H,25,29)(H,26,30).